The number of hydrogen-bond acceptors (Lipinski definition) is 3. The number of carbonyl (C=O) groups is 1. The van der Waals surface area contributed by atoms with Crippen LogP contribution in [-0.2, 0) is 0 Å². The van der Waals surface area contributed by atoms with E-state index < -0.39 is 4.92 Å². The van der Waals surface area contributed by atoms with Crippen molar-refractivity contribution in [2.45, 2.75) is 6.92 Å². The highest BCUT2D eigenvalue weighted by molar-refractivity contribution is 6.33. The molecule has 2 aromatic carbocycles. The Morgan fingerprint density at radius 2 is 1.84 bits per heavy atom. The van der Waals surface area contributed by atoms with Gasteiger partial charge >= 0.3 is 0 Å². The molecule has 0 aromatic heterocycles. The van der Waals surface area contributed by atoms with Crippen LogP contribution >= 0.6 is 11.6 Å². The number of carbonyl (C=O) groups excluding carboxylic acids is 1. The first-order valence-corrected chi connectivity index (χ1v) is 5.93. The topological polar surface area (TPSA) is 60.2 Å². The number of Topliss-reactive ketones (excluding diaryl/α,β-unsaturated/α-hetero) is 1. The molecule has 0 unspecified atom stereocenters. The Bertz CT molecular complexity index is 667. The van der Waals surface area contributed by atoms with Crippen LogP contribution in [0.3, 0.4) is 0 Å². The minimum Gasteiger partial charge on any atom is -0.294 e. The second-order valence-electron chi connectivity index (χ2n) is 4.02. The van der Waals surface area contributed by atoms with Crippen molar-refractivity contribution in [2.75, 3.05) is 0 Å². The van der Waals surface area contributed by atoms with Gasteiger partial charge in [-0.1, -0.05) is 35.9 Å². The van der Waals surface area contributed by atoms with E-state index in [-0.39, 0.29) is 16.5 Å². The van der Waals surface area contributed by atoms with Crippen LogP contribution in [0.15, 0.2) is 42.5 Å². The van der Waals surface area contributed by atoms with Gasteiger partial charge in [-0.15, -0.1) is 0 Å². The third-order valence-electron chi connectivity index (χ3n) is 2.76. The predicted molar refractivity (Wildman–Crippen MR) is 73.5 cm³/mol. The molecule has 0 amide bonds. The minimum atomic E-state index is -0.507. The lowest BCUT2D eigenvalue weighted by Gasteiger charge is -2.08. The molecule has 0 aliphatic rings. The van der Waals surface area contributed by atoms with Crippen LogP contribution in [0.25, 0.3) is 11.1 Å². The average Bonchev–Trinajstić information content (AvgIpc) is 2.38. The summed E-state index contributed by atoms with van der Waals surface area (Å²) in [6, 6.07) is 11.2. The number of nitro benzene ring substituents is 1. The molecule has 0 N–H and O–H groups in total. The maximum atomic E-state index is 11.6. The zero-order valence-electron chi connectivity index (χ0n) is 10.1. The van der Waals surface area contributed by atoms with Crippen LogP contribution in [0.2, 0.25) is 5.02 Å². The number of halogens is 1. The molecule has 0 heterocycles. The predicted octanol–water partition coefficient (Wildman–Crippen LogP) is 4.12. The molecule has 5 heteroatoms. The average molecular weight is 276 g/mol. The molecule has 0 bridgehead atoms. The van der Waals surface area contributed by atoms with Crippen LogP contribution in [-0.4, -0.2) is 10.7 Å². The van der Waals surface area contributed by atoms with E-state index in [0.29, 0.717) is 16.7 Å². The summed E-state index contributed by atoms with van der Waals surface area (Å²) < 4.78 is 0. The van der Waals surface area contributed by atoms with Gasteiger partial charge in [-0.2, -0.15) is 0 Å². The third kappa shape index (κ3) is 2.63. The van der Waals surface area contributed by atoms with E-state index >= 15 is 0 Å². The van der Waals surface area contributed by atoms with Crippen molar-refractivity contribution < 1.29 is 9.72 Å². The summed E-state index contributed by atoms with van der Waals surface area (Å²) in [7, 11) is 0. The standard InChI is InChI=1S/C14H10ClNO3/c1-9(17)11-4-2-3-5-12(11)13-7-6-10(16(18)19)8-14(13)15/h2-8H,1H3. The van der Waals surface area contributed by atoms with Gasteiger partial charge in [0.05, 0.1) is 9.95 Å². The zero-order chi connectivity index (χ0) is 14.0. The van der Waals surface area contributed by atoms with Crippen molar-refractivity contribution in [3.63, 3.8) is 0 Å². The molecule has 4 nitrogen and oxygen atoms in total. The van der Waals surface area contributed by atoms with Gasteiger partial charge in [-0.3, -0.25) is 14.9 Å². The molecule has 0 aliphatic heterocycles. The molecule has 0 saturated carbocycles. The van der Waals surface area contributed by atoms with Gasteiger partial charge in [0.15, 0.2) is 5.78 Å². The van der Waals surface area contributed by atoms with Crippen LogP contribution in [0.4, 0.5) is 5.69 Å². The molecular weight excluding hydrogens is 266 g/mol. The van der Waals surface area contributed by atoms with Gasteiger partial charge in [-0.05, 0) is 18.6 Å². The van der Waals surface area contributed by atoms with Gasteiger partial charge in [0.1, 0.15) is 0 Å². The molecule has 96 valence electrons. The number of nitrogens with zero attached hydrogens (tertiary/aromatic N) is 1. The molecule has 0 fully saturated rings. The van der Waals surface area contributed by atoms with Crippen LogP contribution in [0.5, 0.6) is 0 Å². The second-order valence-corrected chi connectivity index (χ2v) is 4.43. The van der Waals surface area contributed by atoms with Crippen LogP contribution < -0.4 is 0 Å². The van der Waals surface area contributed by atoms with E-state index in [9.17, 15) is 14.9 Å². The summed E-state index contributed by atoms with van der Waals surface area (Å²) in [5.41, 5.74) is 1.75. The van der Waals surface area contributed by atoms with Gasteiger partial charge < -0.3 is 0 Å². The van der Waals surface area contributed by atoms with E-state index in [1.165, 1.54) is 19.1 Å². The van der Waals surface area contributed by atoms with Crippen molar-refractivity contribution in [2.24, 2.45) is 0 Å². The first-order chi connectivity index (χ1) is 9.00. The summed E-state index contributed by atoms with van der Waals surface area (Å²) in [5, 5.41) is 10.9. The van der Waals surface area contributed by atoms with E-state index in [1.807, 2.05) is 0 Å². The summed E-state index contributed by atoms with van der Waals surface area (Å²) in [5.74, 6) is -0.0787. The monoisotopic (exact) mass is 275 g/mol. The quantitative estimate of drug-likeness (QED) is 0.481. The SMILES string of the molecule is CC(=O)c1ccccc1-c1ccc([N+](=O)[O-])cc1Cl. The Balaban J connectivity index is 2.60. The highest BCUT2D eigenvalue weighted by atomic mass is 35.5. The first-order valence-electron chi connectivity index (χ1n) is 5.55. The van der Waals surface area contributed by atoms with E-state index in [4.69, 9.17) is 11.6 Å². The summed E-state index contributed by atoms with van der Waals surface area (Å²) in [6.07, 6.45) is 0. The van der Waals surface area contributed by atoms with Gasteiger partial charge in [0.2, 0.25) is 0 Å². The minimum absolute atomic E-state index is 0.0749. The molecule has 2 aromatic rings. The van der Waals surface area contributed by atoms with Gasteiger partial charge in [0, 0.05) is 23.3 Å². The molecule has 0 atom stereocenters. The van der Waals surface area contributed by atoms with E-state index in [0.717, 1.165) is 0 Å². The Morgan fingerprint density at radius 3 is 2.42 bits per heavy atom. The van der Waals surface area contributed by atoms with Crippen molar-refractivity contribution >= 4 is 23.1 Å². The van der Waals surface area contributed by atoms with Gasteiger partial charge in [-0.25, -0.2) is 0 Å². The van der Waals surface area contributed by atoms with Gasteiger partial charge in [0.25, 0.3) is 5.69 Å². The highest BCUT2D eigenvalue weighted by Gasteiger charge is 2.14. The Morgan fingerprint density at radius 1 is 1.16 bits per heavy atom. The van der Waals surface area contributed by atoms with Crippen molar-refractivity contribution in [3.05, 3.63) is 63.2 Å². The Kier molecular flexibility index (Phi) is 3.62. The van der Waals surface area contributed by atoms with Crippen molar-refractivity contribution in [3.8, 4) is 11.1 Å². The number of rotatable bonds is 3. The number of hydrogen-bond donors (Lipinski definition) is 0. The Labute approximate surface area is 114 Å². The first kappa shape index (κ1) is 13.2. The fourth-order valence-corrected chi connectivity index (χ4v) is 2.14. The summed E-state index contributed by atoms with van der Waals surface area (Å²) in [4.78, 5) is 21.7. The molecule has 0 radical (unpaired) electrons. The fourth-order valence-electron chi connectivity index (χ4n) is 1.86. The van der Waals surface area contributed by atoms with Crippen molar-refractivity contribution in [1.82, 2.24) is 0 Å². The fraction of sp³-hybridized carbons (Fsp3) is 0.0714. The second kappa shape index (κ2) is 5.20. The maximum Gasteiger partial charge on any atom is 0.270 e. The molecule has 2 rings (SSSR count). The van der Waals surface area contributed by atoms with E-state index in [1.54, 1.807) is 30.3 Å². The highest BCUT2D eigenvalue weighted by Crippen LogP contribution is 2.33. The van der Waals surface area contributed by atoms with Crippen LogP contribution in [0.1, 0.15) is 17.3 Å². The number of ketones is 1. The molecular formula is C14H10ClNO3. The van der Waals surface area contributed by atoms with E-state index in [2.05, 4.69) is 0 Å². The number of benzene rings is 2. The molecule has 0 saturated heterocycles. The summed E-state index contributed by atoms with van der Waals surface area (Å²) in [6.45, 7) is 1.47. The van der Waals surface area contributed by atoms with Crippen LogP contribution in [0, 0.1) is 10.1 Å². The Hall–Kier alpha value is -2.20. The lowest BCUT2D eigenvalue weighted by Crippen LogP contribution is -1.96. The molecule has 0 aliphatic carbocycles. The largest absolute Gasteiger partial charge is 0.294 e. The van der Waals surface area contributed by atoms with Crippen molar-refractivity contribution in [1.29, 1.82) is 0 Å². The number of non-ortho nitro benzene ring substituents is 1. The number of nitro groups is 1. The smallest absolute Gasteiger partial charge is 0.270 e. The summed E-state index contributed by atoms with van der Waals surface area (Å²) >= 11 is 6.07. The zero-order valence-corrected chi connectivity index (χ0v) is 10.8. The third-order valence-corrected chi connectivity index (χ3v) is 3.07. The maximum absolute atomic E-state index is 11.6. The molecule has 19 heavy (non-hydrogen) atoms. The lowest BCUT2D eigenvalue weighted by molar-refractivity contribution is -0.384. The normalized spacial score (nSPS) is 10.2. The lowest BCUT2D eigenvalue weighted by atomic mass is 9.97. The molecule has 0 spiro atoms.